The van der Waals surface area contributed by atoms with Crippen molar-refractivity contribution in [1.29, 1.82) is 0 Å². The average Bonchev–Trinajstić information content (AvgIpc) is 2.97. The van der Waals surface area contributed by atoms with E-state index >= 15 is 0 Å². The third-order valence-corrected chi connectivity index (χ3v) is 3.54. The van der Waals surface area contributed by atoms with Gasteiger partial charge in [0.25, 0.3) is 0 Å². The number of amides is 2. The average molecular weight is 345 g/mol. The zero-order valence-corrected chi connectivity index (χ0v) is 13.9. The molecule has 2 amide bonds. The highest BCUT2D eigenvalue weighted by Gasteiger charge is 2.05. The van der Waals surface area contributed by atoms with Crippen LogP contribution < -0.4 is 15.4 Å². The summed E-state index contributed by atoms with van der Waals surface area (Å²) in [4.78, 5) is 16.4. The number of pyridine rings is 1. The van der Waals surface area contributed by atoms with E-state index in [1.165, 1.54) is 0 Å². The summed E-state index contributed by atoms with van der Waals surface area (Å²) in [7, 11) is 0. The first-order valence-corrected chi connectivity index (χ1v) is 7.92. The molecule has 0 aliphatic carbocycles. The van der Waals surface area contributed by atoms with Crippen molar-refractivity contribution < 1.29 is 9.53 Å². The Labute approximate surface area is 144 Å². The van der Waals surface area contributed by atoms with Gasteiger partial charge in [-0.1, -0.05) is 11.6 Å². The molecule has 2 heterocycles. The summed E-state index contributed by atoms with van der Waals surface area (Å²) in [5.41, 5.74) is 2.22. The fourth-order valence-electron chi connectivity index (χ4n) is 2.25. The maximum absolute atomic E-state index is 12.0. The Kier molecular flexibility index (Phi) is 4.86. The van der Waals surface area contributed by atoms with Crippen LogP contribution in [0.4, 0.5) is 10.5 Å². The molecule has 0 fully saturated rings. The number of urea groups is 1. The van der Waals surface area contributed by atoms with Gasteiger partial charge < -0.3 is 19.8 Å². The molecule has 7 heteroatoms. The van der Waals surface area contributed by atoms with E-state index in [-0.39, 0.29) is 6.03 Å². The molecule has 24 heavy (non-hydrogen) atoms. The number of nitrogens with zero attached hydrogens (tertiary/aromatic N) is 2. The van der Waals surface area contributed by atoms with E-state index in [2.05, 4.69) is 15.6 Å². The number of ether oxygens (including phenoxy) is 1. The fraction of sp³-hybridized carbons (Fsp3) is 0.176. The number of anilines is 1. The Hall–Kier alpha value is -2.73. The number of halogens is 1. The first-order valence-electron chi connectivity index (χ1n) is 7.55. The molecular formula is C17H17ClN4O2. The minimum absolute atomic E-state index is 0.297. The van der Waals surface area contributed by atoms with E-state index in [0.717, 1.165) is 17.1 Å². The van der Waals surface area contributed by atoms with Crippen LogP contribution in [0.2, 0.25) is 5.02 Å². The van der Waals surface area contributed by atoms with E-state index in [0.29, 0.717) is 23.9 Å². The van der Waals surface area contributed by atoms with Crippen LogP contribution in [0.25, 0.3) is 5.65 Å². The number of hydrogen-bond acceptors (Lipinski definition) is 3. The molecular weight excluding hydrogens is 328 g/mol. The number of benzene rings is 1. The Morgan fingerprint density at radius 3 is 2.75 bits per heavy atom. The number of aromatic nitrogens is 2. The van der Waals surface area contributed by atoms with Gasteiger partial charge in [-0.25, -0.2) is 9.78 Å². The van der Waals surface area contributed by atoms with Crippen LogP contribution in [0.5, 0.6) is 5.75 Å². The summed E-state index contributed by atoms with van der Waals surface area (Å²) < 4.78 is 7.18. The van der Waals surface area contributed by atoms with E-state index in [1.54, 1.807) is 24.4 Å². The lowest BCUT2D eigenvalue weighted by atomic mass is 10.3. The lowest BCUT2D eigenvalue weighted by molar-refractivity contribution is 0.251. The highest BCUT2D eigenvalue weighted by molar-refractivity contribution is 6.30. The van der Waals surface area contributed by atoms with E-state index in [9.17, 15) is 4.79 Å². The molecule has 3 aromatic rings. The van der Waals surface area contributed by atoms with Crippen molar-refractivity contribution in [3.8, 4) is 5.75 Å². The Morgan fingerprint density at radius 1 is 1.21 bits per heavy atom. The van der Waals surface area contributed by atoms with E-state index in [4.69, 9.17) is 16.3 Å². The van der Waals surface area contributed by atoms with Crippen molar-refractivity contribution in [2.75, 3.05) is 11.9 Å². The molecule has 0 spiro atoms. The summed E-state index contributed by atoms with van der Waals surface area (Å²) >= 11 is 5.94. The number of rotatable bonds is 5. The maximum Gasteiger partial charge on any atom is 0.319 e. The minimum atomic E-state index is -0.297. The molecule has 2 aromatic heterocycles. The second kappa shape index (κ2) is 7.23. The number of carbonyl (C=O) groups excluding carboxylic acids is 1. The summed E-state index contributed by atoms with van der Waals surface area (Å²) in [6.45, 7) is 2.85. The molecule has 0 unspecified atom stereocenters. The lowest BCUT2D eigenvalue weighted by Crippen LogP contribution is -2.28. The number of fused-ring (bicyclic) bond motifs is 1. The molecule has 0 saturated carbocycles. The van der Waals surface area contributed by atoms with Gasteiger partial charge in [0.2, 0.25) is 0 Å². The number of nitrogens with one attached hydrogen (secondary N) is 2. The van der Waals surface area contributed by atoms with Gasteiger partial charge in [-0.2, -0.15) is 0 Å². The smallest absolute Gasteiger partial charge is 0.319 e. The molecule has 0 radical (unpaired) electrons. The molecule has 6 nitrogen and oxygen atoms in total. The number of imidazole rings is 1. The predicted octanol–water partition coefficient (Wildman–Crippen LogP) is 3.71. The molecule has 0 aliphatic rings. The van der Waals surface area contributed by atoms with Gasteiger partial charge in [-0.05, 0) is 43.3 Å². The van der Waals surface area contributed by atoms with Gasteiger partial charge >= 0.3 is 6.03 Å². The van der Waals surface area contributed by atoms with Crippen LogP contribution in [0.3, 0.4) is 0 Å². The van der Waals surface area contributed by atoms with Crippen molar-refractivity contribution in [3.05, 3.63) is 59.5 Å². The topological polar surface area (TPSA) is 67.7 Å². The van der Waals surface area contributed by atoms with Crippen molar-refractivity contribution in [1.82, 2.24) is 14.7 Å². The van der Waals surface area contributed by atoms with Crippen LogP contribution >= 0.6 is 11.6 Å². The van der Waals surface area contributed by atoms with Gasteiger partial charge in [0, 0.05) is 18.1 Å². The summed E-state index contributed by atoms with van der Waals surface area (Å²) in [5.74, 6) is 0.770. The van der Waals surface area contributed by atoms with Crippen molar-refractivity contribution in [3.63, 3.8) is 0 Å². The summed E-state index contributed by atoms with van der Waals surface area (Å²) in [5, 5.41) is 6.17. The Morgan fingerprint density at radius 2 is 2.00 bits per heavy atom. The molecule has 1 aromatic carbocycles. The van der Waals surface area contributed by atoms with E-state index < -0.39 is 0 Å². The number of hydrogen-bond donors (Lipinski definition) is 2. The molecule has 0 aliphatic heterocycles. The van der Waals surface area contributed by atoms with Gasteiger partial charge in [-0.3, -0.25) is 0 Å². The first-order chi connectivity index (χ1) is 11.6. The SMILES string of the molecule is CCOc1ccc(NC(=O)NCc2cn3cc(Cl)ccc3n2)cc1. The molecule has 0 bridgehead atoms. The minimum Gasteiger partial charge on any atom is -0.494 e. The van der Waals surface area contributed by atoms with Crippen LogP contribution in [0.15, 0.2) is 48.8 Å². The molecule has 0 atom stereocenters. The monoisotopic (exact) mass is 344 g/mol. The van der Waals surface area contributed by atoms with Gasteiger partial charge in [0.15, 0.2) is 0 Å². The second-order valence-electron chi connectivity index (χ2n) is 5.11. The zero-order valence-electron chi connectivity index (χ0n) is 13.1. The summed E-state index contributed by atoms with van der Waals surface area (Å²) in [6.07, 6.45) is 3.60. The predicted molar refractivity (Wildman–Crippen MR) is 93.7 cm³/mol. The zero-order chi connectivity index (χ0) is 16.9. The fourth-order valence-corrected chi connectivity index (χ4v) is 2.42. The van der Waals surface area contributed by atoms with Gasteiger partial charge in [0.1, 0.15) is 11.4 Å². The van der Waals surface area contributed by atoms with Crippen LogP contribution in [0, 0.1) is 0 Å². The first kappa shape index (κ1) is 16.1. The van der Waals surface area contributed by atoms with Gasteiger partial charge in [0.05, 0.1) is 23.9 Å². The van der Waals surface area contributed by atoms with Crippen molar-refractivity contribution >= 4 is 29.0 Å². The molecule has 0 saturated heterocycles. The Bertz CT molecular complexity index is 845. The molecule has 124 valence electrons. The van der Waals surface area contributed by atoms with E-state index in [1.807, 2.05) is 35.7 Å². The third-order valence-electron chi connectivity index (χ3n) is 3.32. The standard InChI is InChI=1S/C17H17ClN4O2/c1-2-24-15-6-4-13(5-7-15)21-17(23)19-9-14-11-22-10-12(18)3-8-16(22)20-14/h3-8,10-11H,2,9H2,1H3,(H2,19,21,23). The third kappa shape index (κ3) is 3.97. The van der Waals surface area contributed by atoms with Crippen molar-refractivity contribution in [2.24, 2.45) is 0 Å². The largest absolute Gasteiger partial charge is 0.494 e. The second-order valence-corrected chi connectivity index (χ2v) is 5.55. The normalized spacial score (nSPS) is 10.6. The highest BCUT2D eigenvalue weighted by atomic mass is 35.5. The van der Waals surface area contributed by atoms with Gasteiger partial charge in [-0.15, -0.1) is 0 Å². The highest BCUT2D eigenvalue weighted by Crippen LogP contribution is 2.15. The molecule has 3 rings (SSSR count). The summed E-state index contributed by atoms with van der Waals surface area (Å²) in [6, 6.07) is 10.5. The van der Waals surface area contributed by atoms with Crippen LogP contribution in [-0.2, 0) is 6.54 Å². The maximum atomic E-state index is 12.0. The Balaban J connectivity index is 1.56. The molecule has 2 N–H and O–H groups in total. The van der Waals surface area contributed by atoms with Crippen LogP contribution in [0.1, 0.15) is 12.6 Å². The quantitative estimate of drug-likeness (QED) is 0.741. The van der Waals surface area contributed by atoms with Crippen LogP contribution in [-0.4, -0.2) is 22.0 Å². The lowest BCUT2D eigenvalue weighted by Gasteiger charge is -2.07. The van der Waals surface area contributed by atoms with Crippen molar-refractivity contribution in [2.45, 2.75) is 13.5 Å². The number of carbonyl (C=O) groups is 1.